The largest absolute Gasteiger partial charge is 0.493 e. The predicted octanol–water partition coefficient (Wildman–Crippen LogP) is 0.899. The lowest BCUT2D eigenvalue weighted by Gasteiger charge is -2.16. The Kier molecular flexibility index (Phi) is 3.12. The Bertz CT molecular complexity index is 471. The van der Waals surface area contributed by atoms with Crippen LogP contribution < -0.4 is 5.56 Å². The Hall–Kier alpha value is -1.80. The molecule has 1 unspecified atom stereocenters. The minimum absolute atomic E-state index is 0.0958. The molecule has 1 rings (SSSR count). The van der Waals surface area contributed by atoms with Crippen LogP contribution in [-0.4, -0.2) is 16.8 Å². The molecule has 80 valence electrons. The van der Waals surface area contributed by atoms with E-state index in [1.54, 1.807) is 13.8 Å². The molecule has 0 aromatic carbocycles. The molecule has 0 fully saturated rings. The van der Waals surface area contributed by atoms with E-state index in [-0.39, 0.29) is 11.4 Å². The van der Waals surface area contributed by atoms with Crippen LogP contribution >= 0.6 is 0 Å². The summed E-state index contributed by atoms with van der Waals surface area (Å²) >= 11 is 0. The molecule has 0 aliphatic heterocycles. The van der Waals surface area contributed by atoms with Gasteiger partial charge in [0.25, 0.3) is 5.56 Å². The molecule has 1 N–H and O–H groups in total. The summed E-state index contributed by atoms with van der Waals surface area (Å²) in [5.41, 5.74) is 0.163. The van der Waals surface area contributed by atoms with Crippen LogP contribution in [0.25, 0.3) is 0 Å². The van der Waals surface area contributed by atoms with E-state index in [2.05, 4.69) is 0 Å². The lowest BCUT2D eigenvalue weighted by Crippen LogP contribution is -2.24. The maximum Gasteiger partial charge on any atom is 0.255 e. The van der Waals surface area contributed by atoms with Gasteiger partial charge in [-0.25, -0.2) is 0 Å². The quantitative estimate of drug-likeness (QED) is 0.783. The Labute approximate surface area is 87.1 Å². The van der Waals surface area contributed by atoms with Gasteiger partial charge < -0.3 is 9.84 Å². The van der Waals surface area contributed by atoms with Gasteiger partial charge in [0, 0.05) is 13.2 Å². The molecule has 15 heavy (non-hydrogen) atoms. The molecule has 5 nitrogen and oxygen atoms in total. The van der Waals surface area contributed by atoms with Crippen molar-refractivity contribution in [3.05, 3.63) is 27.5 Å². The van der Waals surface area contributed by atoms with Gasteiger partial charge in [0.1, 0.15) is 17.9 Å². The molecule has 0 radical (unpaired) electrons. The first kappa shape index (κ1) is 11.3. The summed E-state index contributed by atoms with van der Waals surface area (Å²) in [5, 5.41) is 18.5. The lowest BCUT2D eigenvalue weighted by atomic mass is 10.1. The summed E-state index contributed by atoms with van der Waals surface area (Å²) in [6.07, 6.45) is -0.606. The topological polar surface area (TPSA) is 75.2 Å². The van der Waals surface area contributed by atoms with E-state index in [0.29, 0.717) is 5.56 Å². The third kappa shape index (κ3) is 1.85. The molecule has 1 aromatic heterocycles. The maximum atomic E-state index is 11.5. The molecule has 0 aliphatic carbocycles. The Morgan fingerprint density at radius 2 is 2.27 bits per heavy atom. The molecule has 0 aliphatic rings. The fraction of sp³-hybridized carbons (Fsp3) is 0.400. The van der Waals surface area contributed by atoms with Gasteiger partial charge in [-0.15, -0.1) is 0 Å². The van der Waals surface area contributed by atoms with Crippen molar-refractivity contribution in [2.24, 2.45) is 0 Å². The van der Waals surface area contributed by atoms with Crippen LogP contribution in [0.4, 0.5) is 0 Å². The Morgan fingerprint density at radius 1 is 1.67 bits per heavy atom. The second-order valence-electron chi connectivity index (χ2n) is 3.18. The first-order chi connectivity index (χ1) is 7.02. The summed E-state index contributed by atoms with van der Waals surface area (Å²) in [6, 6.07) is 3.14. The minimum Gasteiger partial charge on any atom is -0.493 e. The summed E-state index contributed by atoms with van der Waals surface area (Å²) in [6.45, 7) is 3.21. The van der Waals surface area contributed by atoms with Crippen LogP contribution in [0.1, 0.15) is 24.3 Å². The number of hydrogen-bond donors (Lipinski definition) is 1. The second kappa shape index (κ2) is 4.15. The highest BCUT2D eigenvalue weighted by atomic mass is 16.5. The summed E-state index contributed by atoms with van der Waals surface area (Å²) in [7, 11) is 1.42. The van der Waals surface area contributed by atoms with Crippen LogP contribution in [0, 0.1) is 18.3 Å². The normalized spacial score (nSPS) is 12.1. The van der Waals surface area contributed by atoms with E-state index in [9.17, 15) is 9.90 Å². The van der Waals surface area contributed by atoms with Crippen LogP contribution in [0.15, 0.2) is 10.9 Å². The number of aryl methyl sites for hydroxylation is 1. The van der Waals surface area contributed by atoms with Crippen molar-refractivity contribution in [2.45, 2.75) is 20.1 Å². The van der Waals surface area contributed by atoms with Crippen molar-refractivity contribution in [1.82, 2.24) is 4.57 Å². The molecule has 5 heteroatoms. The lowest BCUT2D eigenvalue weighted by molar-refractivity contribution is 0.0509. The van der Waals surface area contributed by atoms with Gasteiger partial charge in [0.05, 0.1) is 0 Å². The van der Waals surface area contributed by atoms with Crippen molar-refractivity contribution >= 4 is 0 Å². The monoisotopic (exact) mass is 208 g/mol. The van der Waals surface area contributed by atoms with Crippen LogP contribution in [0.3, 0.4) is 0 Å². The molecule has 1 heterocycles. The third-order valence-corrected chi connectivity index (χ3v) is 2.24. The van der Waals surface area contributed by atoms with Gasteiger partial charge in [-0.2, -0.15) is 5.26 Å². The van der Waals surface area contributed by atoms with Crippen LogP contribution in [-0.2, 0) is 4.74 Å². The van der Waals surface area contributed by atoms with E-state index in [4.69, 9.17) is 10.00 Å². The highest BCUT2D eigenvalue weighted by Crippen LogP contribution is 2.20. The number of hydrogen-bond acceptors (Lipinski definition) is 4. The third-order valence-electron chi connectivity index (χ3n) is 2.24. The standard InChI is InChI=1S/C10H12N2O3/c1-6-4-9(13)12(7(2)15-3)10(14)8(6)5-11/h4,7,14H,1-3H3. The minimum atomic E-state index is -0.606. The molecule has 0 amide bonds. The predicted molar refractivity (Wildman–Crippen MR) is 53.5 cm³/mol. The van der Waals surface area contributed by atoms with Gasteiger partial charge in [0.2, 0.25) is 5.88 Å². The molecule has 0 bridgehead atoms. The summed E-state index contributed by atoms with van der Waals surface area (Å²) in [5.74, 6) is -0.350. The summed E-state index contributed by atoms with van der Waals surface area (Å²) in [4.78, 5) is 11.5. The average Bonchev–Trinajstić information content (AvgIpc) is 2.17. The number of pyridine rings is 1. The van der Waals surface area contributed by atoms with Crippen molar-refractivity contribution in [1.29, 1.82) is 5.26 Å². The van der Waals surface area contributed by atoms with E-state index < -0.39 is 11.8 Å². The molecular weight excluding hydrogens is 196 g/mol. The number of nitrogens with zero attached hydrogens (tertiary/aromatic N) is 2. The number of ether oxygens (including phenoxy) is 1. The fourth-order valence-electron chi connectivity index (χ4n) is 1.32. The van der Waals surface area contributed by atoms with Gasteiger partial charge in [-0.05, 0) is 19.4 Å². The van der Waals surface area contributed by atoms with Gasteiger partial charge >= 0.3 is 0 Å². The fourth-order valence-corrected chi connectivity index (χ4v) is 1.32. The van der Waals surface area contributed by atoms with Gasteiger partial charge in [-0.3, -0.25) is 9.36 Å². The first-order valence-electron chi connectivity index (χ1n) is 4.41. The molecule has 1 aromatic rings. The van der Waals surface area contributed by atoms with Crippen molar-refractivity contribution in [3.8, 4) is 11.9 Å². The number of methoxy groups -OCH3 is 1. The number of rotatable bonds is 2. The maximum absolute atomic E-state index is 11.5. The smallest absolute Gasteiger partial charge is 0.255 e. The van der Waals surface area contributed by atoms with Crippen molar-refractivity contribution in [3.63, 3.8) is 0 Å². The van der Waals surface area contributed by atoms with Crippen molar-refractivity contribution < 1.29 is 9.84 Å². The molecule has 0 saturated heterocycles. The van der Waals surface area contributed by atoms with E-state index in [0.717, 1.165) is 4.57 Å². The van der Waals surface area contributed by atoms with Crippen LogP contribution in [0.2, 0.25) is 0 Å². The van der Waals surface area contributed by atoms with E-state index in [1.807, 2.05) is 6.07 Å². The van der Waals surface area contributed by atoms with Crippen LogP contribution in [0.5, 0.6) is 5.88 Å². The zero-order chi connectivity index (χ0) is 11.6. The first-order valence-corrected chi connectivity index (χ1v) is 4.41. The summed E-state index contributed by atoms with van der Waals surface area (Å²) < 4.78 is 5.96. The highest BCUT2D eigenvalue weighted by molar-refractivity contribution is 5.43. The molecule has 0 saturated carbocycles. The molecular formula is C10H12N2O3. The highest BCUT2D eigenvalue weighted by Gasteiger charge is 2.16. The zero-order valence-electron chi connectivity index (χ0n) is 8.81. The van der Waals surface area contributed by atoms with Gasteiger partial charge in [0.15, 0.2) is 0 Å². The number of aromatic nitrogens is 1. The average molecular weight is 208 g/mol. The zero-order valence-corrected chi connectivity index (χ0v) is 8.81. The second-order valence-corrected chi connectivity index (χ2v) is 3.18. The Morgan fingerprint density at radius 3 is 2.73 bits per heavy atom. The van der Waals surface area contributed by atoms with Gasteiger partial charge in [-0.1, -0.05) is 0 Å². The number of nitriles is 1. The van der Waals surface area contributed by atoms with Crippen molar-refractivity contribution in [2.75, 3.05) is 7.11 Å². The molecule has 0 spiro atoms. The Balaban J connectivity index is 3.55. The molecule has 1 atom stereocenters. The van der Waals surface area contributed by atoms with E-state index >= 15 is 0 Å². The van der Waals surface area contributed by atoms with E-state index in [1.165, 1.54) is 13.2 Å². The number of aromatic hydroxyl groups is 1. The SMILES string of the molecule is COC(C)n1c(O)c(C#N)c(C)cc1=O.